The Morgan fingerprint density at radius 2 is 2.10 bits per heavy atom. The molecular formula is C19H31NO. The molecule has 0 spiro atoms. The first-order valence-electron chi connectivity index (χ1n) is 8.58. The molecule has 1 aliphatic rings. The standard InChI is InChI=1S/C19H31NO/c1-4-5-6-7-12-20-13-11-19(3,16(2)15-20)17-9-8-10-18(21)14-17/h8-10,14,16,21H,4-7,11-13,15H2,1-3H3/t16-,19+/m0/s1. The van der Waals surface area contributed by atoms with Crippen molar-refractivity contribution in [2.75, 3.05) is 19.6 Å². The number of hydrogen-bond donors (Lipinski definition) is 1. The van der Waals surface area contributed by atoms with Crippen LogP contribution in [-0.2, 0) is 5.41 Å². The van der Waals surface area contributed by atoms with Gasteiger partial charge >= 0.3 is 0 Å². The van der Waals surface area contributed by atoms with Crippen LogP contribution in [0.3, 0.4) is 0 Å². The van der Waals surface area contributed by atoms with Crippen LogP contribution in [0.4, 0.5) is 0 Å². The molecule has 0 bridgehead atoms. The molecule has 0 aliphatic carbocycles. The average Bonchev–Trinajstić information content (AvgIpc) is 2.47. The third kappa shape index (κ3) is 4.00. The van der Waals surface area contributed by atoms with Crippen LogP contribution in [0.1, 0.15) is 58.4 Å². The summed E-state index contributed by atoms with van der Waals surface area (Å²) < 4.78 is 0. The molecule has 1 fully saturated rings. The first-order valence-corrected chi connectivity index (χ1v) is 8.58. The van der Waals surface area contributed by atoms with E-state index in [1.54, 1.807) is 6.07 Å². The molecule has 1 aromatic rings. The highest BCUT2D eigenvalue weighted by Gasteiger charge is 2.37. The van der Waals surface area contributed by atoms with Crippen molar-refractivity contribution in [2.24, 2.45) is 5.92 Å². The summed E-state index contributed by atoms with van der Waals surface area (Å²) in [6.07, 6.45) is 6.57. The summed E-state index contributed by atoms with van der Waals surface area (Å²) in [5.41, 5.74) is 1.49. The molecule has 0 radical (unpaired) electrons. The molecule has 21 heavy (non-hydrogen) atoms. The fourth-order valence-corrected chi connectivity index (χ4v) is 3.57. The maximum absolute atomic E-state index is 9.75. The van der Waals surface area contributed by atoms with Crippen molar-refractivity contribution in [2.45, 2.75) is 58.3 Å². The molecule has 1 saturated heterocycles. The number of aromatic hydroxyl groups is 1. The number of phenols is 1. The maximum Gasteiger partial charge on any atom is 0.115 e. The van der Waals surface area contributed by atoms with Gasteiger partial charge in [0.05, 0.1) is 0 Å². The van der Waals surface area contributed by atoms with Crippen molar-refractivity contribution in [3.8, 4) is 5.75 Å². The summed E-state index contributed by atoms with van der Waals surface area (Å²) in [7, 11) is 0. The molecule has 0 unspecified atom stereocenters. The van der Waals surface area contributed by atoms with Gasteiger partial charge in [-0.2, -0.15) is 0 Å². The van der Waals surface area contributed by atoms with E-state index in [1.165, 1.54) is 57.3 Å². The van der Waals surface area contributed by atoms with Crippen LogP contribution in [0.15, 0.2) is 24.3 Å². The minimum atomic E-state index is 0.193. The van der Waals surface area contributed by atoms with E-state index in [0.717, 1.165) is 0 Å². The van der Waals surface area contributed by atoms with Crippen LogP contribution in [0.2, 0.25) is 0 Å². The van der Waals surface area contributed by atoms with Gasteiger partial charge in [-0.25, -0.2) is 0 Å². The molecule has 118 valence electrons. The van der Waals surface area contributed by atoms with Gasteiger partial charge in [0.2, 0.25) is 0 Å². The first kappa shape index (κ1) is 16.4. The van der Waals surface area contributed by atoms with Crippen LogP contribution >= 0.6 is 0 Å². The van der Waals surface area contributed by atoms with Gasteiger partial charge in [-0.15, -0.1) is 0 Å². The lowest BCUT2D eigenvalue weighted by molar-refractivity contribution is 0.109. The summed E-state index contributed by atoms with van der Waals surface area (Å²) in [5.74, 6) is 1.02. The molecule has 2 heteroatoms. The van der Waals surface area contributed by atoms with Crippen LogP contribution < -0.4 is 0 Å². The van der Waals surface area contributed by atoms with Crippen molar-refractivity contribution >= 4 is 0 Å². The summed E-state index contributed by atoms with van der Waals surface area (Å²) in [5, 5.41) is 9.75. The van der Waals surface area contributed by atoms with Crippen molar-refractivity contribution in [1.82, 2.24) is 4.90 Å². The van der Waals surface area contributed by atoms with Crippen molar-refractivity contribution in [1.29, 1.82) is 0 Å². The lowest BCUT2D eigenvalue weighted by Crippen LogP contribution is -2.47. The lowest BCUT2D eigenvalue weighted by atomic mass is 9.68. The predicted molar refractivity (Wildman–Crippen MR) is 89.8 cm³/mol. The fourth-order valence-electron chi connectivity index (χ4n) is 3.57. The summed E-state index contributed by atoms with van der Waals surface area (Å²) in [6, 6.07) is 7.86. The van der Waals surface area contributed by atoms with Gasteiger partial charge in [-0.3, -0.25) is 0 Å². The topological polar surface area (TPSA) is 23.5 Å². The average molecular weight is 289 g/mol. The van der Waals surface area contributed by atoms with Gasteiger partial charge in [0, 0.05) is 6.54 Å². The normalized spacial score (nSPS) is 26.9. The first-order chi connectivity index (χ1) is 10.1. The number of likely N-dealkylation sites (tertiary alicyclic amines) is 1. The Bertz CT molecular complexity index is 445. The van der Waals surface area contributed by atoms with E-state index in [-0.39, 0.29) is 5.41 Å². The molecule has 1 aromatic carbocycles. The Hall–Kier alpha value is -1.02. The summed E-state index contributed by atoms with van der Waals surface area (Å²) in [6.45, 7) is 10.6. The number of rotatable bonds is 6. The zero-order valence-corrected chi connectivity index (χ0v) is 13.9. The van der Waals surface area contributed by atoms with Crippen LogP contribution in [0, 0.1) is 5.92 Å². The van der Waals surface area contributed by atoms with E-state index in [0.29, 0.717) is 11.7 Å². The van der Waals surface area contributed by atoms with Crippen molar-refractivity contribution in [3.63, 3.8) is 0 Å². The molecule has 0 aromatic heterocycles. The van der Waals surface area contributed by atoms with Gasteiger partial charge in [0.1, 0.15) is 5.75 Å². The maximum atomic E-state index is 9.75. The Labute approximate surface area is 130 Å². The number of benzene rings is 1. The molecule has 0 saturated carbocycles. The molecule has 2 atom stereocenters. The van der Waals surface area contributed by atoms with E-state index >= 15 is 0 Å². The van der Waals surface area contributed by atoms with Crippen LogP contribution in [0.25, 0.3) is 0 Å². The molecule has 2 nitrogen and oxygen atoms in total. The Kier molecular flexibility index (Phi) is 5.69. The zero-order chi connectivity index (χ0) is 15.3. The number of piperidine rings is 1. The second-order valence-electron chi connectivity index (χ2n) is 6.98. The smallest absolute Gasteiger partial charge is 0.115 e. The summed E-state index contributed by atoms with van der Waals surface area (Å²) >= 11 is 0. The number of phenolic OH excluding ortho intramolecular Hbond substituents is 1. The lowest BCUT2D eigenvalue weighted by Gasteiger charge is -2.45. The van der Waals surface area contributed by atoms with Crippen LogP contribution in [0.5, 0.6) is 5.75 Å². The number of nitrogens with zero attached hydrogens (tertiary/aromatic N) is 1. The highest BCUT2D eigenvalue weighted by atomic mass is 16.3. The SMILES string of the molecule is CCCCCCN1CC[C@@](C)(c2cccc(O)c2)[C@@H](C)C1. The highest BCUT2D eigenvalue weighted by Crippen LogP contribution is 2.40. The Morgan fingerprint density at radius 1 is 1.29 bits per heavy atom. The zero-order valence-electron chi connectivity index (χ0n) is 13.9. The van der Waals surface area contributed by atoms with Crippen molar-refractivity contribution < 1.29 is 5.11 Å². The molecule has 0 amide bonds. The molecule has 1 N–H and O–H groups in total. The van der Waals surface area contributed by atoms with E-state index in [9.17, 15) is 5.11 Å². The third-order valence-corrected chi connectivity index (χ3v) is 5.40. The fraction of sp³-hybridized carbons (Fsp3) is 0.684. The summed E-state index contributed by atoms with van der Waals surface area (Å²) in [4.78, 5) is 2.63. The van der Waals surface area contributed by atoms with Gasteiger partial charge in [0.15, 0.2) is 0 Å². The quantitative estimate of drug-likeness (QED) is 0.775. The third-order valence-electron chi connectivity index (χ3n) is 5.40. The Balaban J connectivity index is 1.94. The van der Waals surface area contributed by atoms with Crippen LogP contribution in [-0.4, -0.2) is 29.6 Å². The molecule has 1 aliphatic heterocycles. The van der Waals surface area contributed by atoms with Gasteiger partial charge < -0.3 is 10.0 Å². The van der Waals surface area contributed by atoms with Gasteiger partial charge in [-0.05, 0) is 55.0 Å². The second kappa shape index (κ2) is 7.31. The van der Waals surface area contributed by atoms with E-state index in [1.807, 2.05) is 12.1 Å². The monoisotopic (exact) mass is 289 g/mol. The van der Waals surface area contributed by atoms with Gasteiger partial charge in [-0.1, -0.05) is 52.2 Å². The largest absolute Gasteiger partial charge is 0.508 e. The molecule has 1 heterocycles. The molecular weight excluding hydrogens is 258 g/mol. The van der Waals surface area contributed by atoms with E-state index < -0.39 is 0 Å². The van der Waals surface area contributed by atoms with Gasteiger partial charge in [0.25, 0.3) is 0 Å². The Morgan fingerprint density at radius 3 is 2.76 bits per heavy atom. The number of unbranched alkanes of at least 4 members (excludes halogenated alkanes) is 3. The highest BCUT2D eigenvalue weighted by molar-refractivity contribution is 5.33. The van der Waals surface area contributed by atoms with E-state index in [4.69, 9.17) is 0 Å². The molecule has 2 rings (SSSR count). The minimum Gasteiger partial charge on any atom is -0.508 e. The van der Waals surface area contributed by atoms with E-state index in [2.05, 4.69) is 31.7 Å². The predicted octanol–water partition coefficient (Wildman–Crippen LogP) is 4.57. The minimum absolute atomic E-state index is 0.193. The van der Waals surface area contributed by atoms with Crippen molar-refractivity contribution in [3.05, 3.63) is 29.8 Å². The number of hydrogen-bond acceptors (Lipinski definition) is 2. The second-order valence-corrected chi connectivity index (χ2v) is 6.98.